The van der Waals surface area contributed by atoms with Gasteiger partial charge in [0.15, 0.2) is 0 Å². The number of nitrogens with zero attached hydrogens (tertiary/aromatic N) is 1. The van der Waals surface area contributed by atoms with Crippen LogP contribution in [0, 0.1) is 0 Å². The zero-order valence-electron chi connectivity index (χ0n) is 8.67. The summed E-state index contributed by atoms with van der Waals surface area (Å²) in [6.45, 7) is 6.49. The molecule has 0 atom stereocenters. The van der Waals surface area contributed by atoms with Crippen LogP contribution < -0.4 is 5.32 Å². The minimum Gasteiger partial charge on any atom is -0.387 e. The van der Waals surface area contributed by atoms with Gasteiger partial charge in [-0.25, -0.2) is 0 Å². The maximum absolute atomic E-state index is 9.83. The summed E-state index contributed by atoms with van der Waals surface area (Å²) in [6, 6.07) is 0. The molecule has 2 saturated heterocycles. The Balaban J connectivity index is 1.57. The second-order valence-electron chi connectivity index (χ2n) is 4.39. The molecule has 0 bridgehead atoms. The quantitative estimate of drug-likeness (QED) is 0.638. The molecule has 2 fully saturated rings. The van der Waals surface area contributed by atoms with Crippen molar-refractivity contribution in [1.29, 1.82) is 0 Å². The lowest BCUT2D eigenvalue weighted by Crippen LogP contribution is -2.59. The molecule has 0 spiro atoms. The highest BCUT2D eigenvalue weighted by atomic mass is 16.5. The van der Waals surface area contributed by atoms with E-state index < -0.39 is 5.60 Å². The largest absolute Gasteiger partial charge is 0.387 e. The van der Waals surface area contributed by atoms with Gasteiger partial charge >= 0.3 is 0 Å². The van der Waals surface area contributed by atoms with Crippen LogP contribution in [0.4, 0.5) is 0 Å². The van der Waals surface area contributed by atoms with E-state index >= 15 is 0 Å². The van der Waals surface area contributed by atoms with Crippen LogP contribution in [0.1, 0.15) is 12.8 Å². The molecule has 0 amide bonds. The van der Waals surface area contributed by atoms with E-state index in [1.807, 2.05) is 0 Å². The Morgan fingerprint density at radius 3 is 2.57 bits per heavy atom. The van der Waals surface area contributed by atoms with E-state index in [4.69, 9.17) is 4.74 Å². The number of morpholine rings is 1. The summed E-state index contributed by atoms with van der Waals surface area (Å²) in [5.41, 5.74) is -0.397. The molecule has 0 saturated carbocycles. The van der Waals surface area contributed by atoms with E-state index in [0.29, 0.717) is 0 Å². The summed E-state index contributed by atoms with van der Waals surface area (Å²) in [7, 11) is 0. The van der Waals surface area contributed by atoms with Crippen molar-refractivity contribution < 1.29 is 9.84 Å². The number of hydrogen-bond acceptors (Lipinski definition) is 4. The molecule has 4 nitrogen and oxygen atoms in total. The summed E-state index contributed by atoms with van der Waals surface area (Å²) in [5, 5.41) is 12.9. The van der Waals surface area contributed by atoms with Gasteiger partial charge in [-0.1, -0.05) is 0 Å². The monoisotopic (exact) mass is 200 g/mol. The van der Waals surface area contributed by atoms with Crippen molar-refractivity contribution in [3.05, 3.63) is 0 Å². The molecule has 2 aliphatic rings. The standard InChI is InChI=1S/C10H20N2O2/c13-10(8-11-9-10)2-1-3-12-4-6-14-7-5-12/h11,13H,1-9H2. The average molecular weight is 200 g/mol. The fourth-order valence-electron chi connectivity index (χ4n) is 2.05. The SMILES string of the molecule is OC1(CCCN2CCOCC2)CNC1. The van der Waals surface area contributed by atoms with E-state index in [-0.39, 0.29) is 0 Å². The molecule has 4 heteroatoms. The van der Waals surface area contributed by atoms with Gasteiger partial charge in [-0.05, 0) is 19.4 Å². The Morgan fingerprint density at radius 1 is 1.29 bits per heavy atom. The minimum atomic E-state index is -0.397. The van der Waals surface area contributed by atoms with Crippen LogP contribution in [-0.4, -0.2) is 61.5 Å². The van der Waals surface area contributed by atoms with Gasteiger partial charge in [0.2, 0.25) is 0 Å². The fourth-order valence-corrected chi connectivity index (χ4v) is 2.05. The van der Waals surface area contributed by atoms with Gasteiger partial charge in [-0.3, -0.25) is 4.90 Å². The minimum absolute atomic E-state index is 0.397. The van der Waals surface area contributed by atoms with Crippen LogP contribution in [0.3, 0.4) is 0 Å². The third-order valence-electron chi connectivity index (χ3n) is 3.13. The van der Waals surface area contributed by atoms with Gasteiger partial charge < -0.3 is 15.2 Å². The topological polar surface area (TPSA) is 44.7 Å². The van der Waals surface area contributed by atoms with E-state index in [1.165, 1.54) is 0 Å². The molecular formula is C10H20N2O2. The molecule has 0 aromatic heterocycles. The van der Waals surface area contributed by atoms with Gasteiger partial charge in [-0.15, -0.1) is 0 Å². The summed E-state index contributed by atoms with van der Waals surface area (Å²) in [5.74, 6) is 0. The summed E-state index contributed by atoms with van der Waals surface area (Å²) >= 11 is 0. The summed E-state index contributed by atoms with van der Waals surface area (Å²) in [4.78, 5) is 2.42. The second-order valence-corrected chi connectivity index (χ2v) is 4.39. The van der Waals surface area contributed by atoms with Crippen LogP contribution in [0.5, 0.6) is 0 Å². The fraction of sp³-hybridized carbons (Fsp3) is 1.00. The average Bonchev–Trinajstić information content (AvgIpc) is 2.17. The lowest BCUT2D eigenvalue weighted by atomic mass is 9.91. The first kappa shape index (κ1) is 10.4. The Morgan fingerprint density at radius 2 is 2.00 bits per heavy atom. The predicted octanol–water partition coefficient (Wildman–Crippen LogP) is -0.567. The first-order valence-electron chi connectivity index (χ1n) is 5.52. The third kappa shape index (κ3) is 2.67. The lowest BCUT2D eigenvalue weighted by molar-refractivity contribution is -0.0234. The van der Waals surface area contributed by atoms with Gasteiger partial charge in [0.25, 0.3) is 0 Å². The first-order valence-corrected chi connectivity index (χ1v) is 5.52. The highest BCUT2D eigenvalue weighted by Gasteiger charge is 2.33. The predicted molar refractivity (Wildman–Crippen MR) is 54.3 cm³/mol. The van der Waals surface area contributed by atoms with Crippen molar-refractivity contribution in [2.75, 3.05) is 45.9 Å². The highest BCUT2D eigenvalue weighted by molar-refractivity contribution is 4.92. The van der Waals surface area contributed by atoms with Crippen LogP contribution in [0.25, 0.3) is 0 Å². The van der Waals surface area contributed by atoms with Crippen LogP contribution in [0.15, 0.2) is 0 Å². The molecule has 82 valence electrons. The van der Waals surface area contributed by atoms with E-state index in [1.54, 1.807) is 0 Å². The molecule has 2 rings (SSSR count). The van der Waals surface area contributed by atoms with Crippen molar-refractivity contribution in [1.82, 2.24) is 10.2 Å². The van der Waals surface area contributed by atoms with Crippen LogP contribution >= 0.6 is 0 Å². The van der Waals surface area contributed by atoms with E-state index in [0.717, 1.165) is 58.8 Å². The molecule has 2 aliphatic heterocycles. The second kappa shape index (κ2) is 4.57. The van der Waals surface area contributed by atoms with Crippen molar-refractivity contribution >= 4 is 0 Å². The Labute approximate surface area is 85.2 Å². The van der Waals surface area contributed by atoms with Gasteiger partial charge in [-0.2, -0.15) is 0 Å². The van der Waals surface area contributed by atoms with Crippen molar-refractivity contribution in [3.8, 4) is 0 Å². The normalized spacial score (nSPS) is 27.2. The molecule has 0 aromatic carbocycles. The number of nitrogens with one attached hydrogen (secondary N) is 1. The van der Waals surface area contributed by atoms with E-state index in [9.17, 15) is 5.11 Å². The van der Waals surface area contributed by atoms with Crippen LogP contribution in [0.2, 0.25) is 0 Å². The van der Waals surface area contributed by atoms with Crippen molar-refractivity contribution in [3.63, 3.8) is 0 Å². The highest BCUT2D eigenvalue weighted by Crippen LogP contribution is 2.17. The van der Waals surface area contributed by atoms with Crippen LogP contribution in [-0.2, 0) is 4.74 Å². The van der Waals surface area contributed by atoms with Crippen molar-refractivity contribution in [2.45, 2.75) is 18.4 Å². The molecule has 0 aliphatic carbocycles. The van der Waals surface area contributed by atoms with Gasteiger partial charge in [0.1, 0.15) is 0 Å². The Kier molecular flexibility index (Phi) is 3.38. The number of hydrogen-bond donors (Lipinski definition) is 2. The molecule has 0 aromatic rings. The maximum atomic E-state index is 9.83. The van der Waals surface area contributed by atoms with Gasteiger partial charge in [0, 0.05) is 26.2 Å². The molecule has 0 radical (unpaired) electrons. The Bertz CT molecular complexity index is 177. The molecule has 2 heterocycles. The molecule has 14 heavy (non-hydrogen) atoms. The number of β-amino-alcohol motifs (C(OH)–C–C–N with tert-alkyl or cyclic N) is 1. The third-order valence-corrected chi connectivity index (χ3v) is 3.13. The van der Waals surface area contributed by atoms with E-state index in [2.05, 4.69) is 10.2 Å². The first-order chi connectivity index (χ1) is 6.79. The molecule has 0 unspecified atom stereocenters. The summed E-state index contributed by atoms with van der Waals surface area (Å²) < 4.78 is 5.28. The van der Waals surface area contributed by atoms with Crippen molar-refractivity contribution in [2.24, 2.45) is 0 Å². The summed E-state index contributed by atoms with van der Waals surface area (Å²) in [6.07, 6.45) is 2.02. The smallest absolute Gasteiger partial charge is 0.0895 e. The molecular weight excluding hydrogens is 180 g/mol. The Hall–Kier alpha value is -0.160. The van der Waals surface area contributed by atoms with Gasteiger partial charge in [0.05, 0.1) is 18.8 Å². The number of rotatable bonds is 4. The number of ether oxygens (including phenoxy) is 1. The lowest BCUT2D eigenvalue weighted by Gasteiger charge is -2.38. The zero-order chi connectivity index (χ0) is 9.86. The number of aliphatic hydroxyl groups is 1. The molecule has 2 N–H and O–H groups in total. The maximum Gasteiger partial charge on any atom is 0.0895 e. The zero-order valence-corrected chi connectivity index (χ0v) is 8.67.